The van der Waals surface area contributed by atoms with Crippen molar-refractivity contribution in [1.29, 1.82) is 5.26 Å². The molecular weight excluding hydrogens is 345 g/mol. The summed E-state index contributed by atoms with van der Waals surface area (Å²) in [5.74, 6) is -1.87. The van der Waals surface area contributed by atoms with Crippen LogP contribution in [0.4, 0.5) is 10.5 Å². The van der Waals surface area contributed by atoms with Crippen molar-refractivity contribution in [2.45, 2.75) is 6.92 Å². The summed E-state index contributed by atoms with van der Waals surface area (Å²) in [6.07, 6.45) is 0. The molecule has 118 valence electrons. The van der Waals surface area contributed by atoms with Crippen molar-refractivity contribution in [1.82, 2.24) is 5.32 Å². The van der Waals surface area contributed by atoms with E-state index in [0.717, 1.165) is 4.90 Å². The van der Waals surface area contributed by atoms with E-state index in [1.165, 1.54) is 18.2 Å². The molecule has 9 heteroatoms. The Balaban J connectivity index is 2.48. The van der Waals surface area contributed by atoms with Crippen molar-refractivity contribution in [3.05, 3.63) is 39.5 Å². The molecule has 1 N–H and O–H groups in total. The van der Waals surface area contributed by atoms with Gasteiger partial charge in [-0.2, -0.15) is 5.26 Å². The number of anilines is 1. The lowest BCUT2D eigenvalue weighted by Crippen LogP contribution is -2.30. The standard InChI is InChI=1S/C14H9Cl2N3O4/c1-2-23-13(21)10(6-17)11-12(20)19(14(22)18-11)9-4-7(15)3-8(16)5-9/h3-5H,2H2,1H3,(H,18,22). The molecule has 1 aliphatic rings. The molecule has 0 spiro atoms. The highest BCUT2D eigenvalue weighted by atomic mass is 35.5. The van der Waals surface area contributed by atoms with E-state index in [9.17, 15) is 14.4 Å². The minimum absolute atomic E-state index is 0.0209. The SMILES string of the molecule is CCOC(=O)C(C#N)=C1NC(=O)N(c2cc(Cl)cc(Cl)c2)C1=O. The molecule has 3 amide bonds. The van der Waals surface area contributed by atoms with Gasteiger partial charge in [0.15, 0.2) is 5.57 Å². The molecule has 23 heavy (non-hydrogen) atoms. The summed E-state index contributed by atoms with van der Waals surface area (Å²) in [6.45, 7) is 1.57. The Labute approximate surface area is 141 Å². The molecule has 0 atom stereocenters. The van der Waals surface area contributed by atoms with E-state index in [0.29, 0.717) is 0 Å². The van der Waals surface area contributed by atoms with E-state index in [1.54, 1.807) is 13.0 Å². The fraction of sp³-hybridized carbons (Fsp3) is 0.143. The molecule has 1 aromatic rings. The minimum Gasteiger partial charge on any atom is -0.462 e. The van der Waals surface area contributed by atoms with Crippen LogP contribution in [0.5, 0.6) is 0 Å². The predicted octanol–water partition coefficient (Wildman–Crippen LogP) is 2.39. The van der Waals surface area contributed by atoms with Crippen LogP contribution in [-0.4, -0.2) is 24.5 Å². The zero-order chi connectivity index (χ0) is 17.1. The number of esters is 1. The average molecular weight is 354 g/mol. The van der Waals surface area contributed by atoms with E-state index in [-0.39, 0.29) is 22.3 Å². The number of nitrogens with zero attached hydrogens (tertiary/aromatic N) is 2. The van der Waals surface area contributed by atoms with Gasteiger partial charge in [0.25, 0.3) is 5.91 Å². The predicted molar refractivity (Wildman–Crippen MR) is 81.8 cm³/mol. The van der Waals surface area contributed by atoms with E-state index in [1.807, 2.05) is 0 Å². The molecule has 1 saturated heterocycles. The van der Waals surface area contributed by atoms with E-state index >= 15 is 0 Å². The average Bonchev–Trinajstić information content (AvgIpc) is 2.74. The lowest BCUT2D eigenvalue weighted by molar-refractivity contribution is -0.138. The van der Waals surface area contributed by atoms with Crippen LogP contribution in [0.2, 0.25) is 10.0 Å². The Morgan fingerprint density at radius 2 is 1.91 bits per heavy atom. The number of hydrogen-bond donors (Lipinski definition) is 1. The van der Waals surface area contributed by atoms with Crippen LogP contribution in [0.15, 0.2) is 29.5 Å². The fourth-order valence-electron chi connectivity index (χ4n) is 1.90. The molecule has 0 aliphatic carbocycles. The van der Waals surface area contributed by atoms with E-state index < -0.39 is 29.2 Å². The molecule has 1 heterocycles. The number of halogens is 2. The summed E-state index contributed by atoms with van der Waals surface area (Å²) < 4.78 is 4.69. The number of amides is 3. The number of carbonyl (C=O) groups is 3. The van der Waals surface area contributed by atoms with Crippen molar-refractivity contribution < 1.29 is 19.1 Å². The van der Waals surface area contributed by atoms with Gasteiger partial charge in [-0.3, -0.25) is 4.79 Å². The molecule has 1 aliphatic heterocycles. The number of urea groups is 1. The van der Waals surface area contributed by atoms with Crippen LogP contribution in [0.3, 0.4) is 0 Å². The summed E-state index contributed by atoms with van der Waals surface area (Å²) in [4.78, 5) is 36.8. The summed E-state index contributed by atoms with van der Waals surface area (Å²) in [5, 5.41) is 11.7. The van der Waals surface area contributed by atoms with Crippen molar-refractivity contribution in [3.63, 3.8) is 0 Å². The van der Waals surface area contributed by atoms with Gasteiger partial charge < -0.3 is 10.1 Å². The molecule has 1 fully saturated rings. The van der Waals surface area contributed by atoms with Gasteiger partial charge >= 0.3 is 12.0 Å². The lowest BCUT2D eigenvalue weighted by atomic mass is 10.2. The maximum atomic E-state index is 12.4. The third-order valence-corrected chi connectivity index (χ3v) is 3.24. The Hall–Kier alpha value is -2.56. The number of nitrogens with one attached hydrogen (secondary N) is 1. The van der Waals surface area contributed by atoms with Gasteiger partial charge in [0.1, 0.15) is 11.8 Å². The molecular formula is C14H9Cl2N3O4. The summed E-state index contributed by atoms with van der Waals surface area (Å²) in [5.41, 5.74) is -0.922. The maximum Gasteiger partial charge on any atom is 0.351 e. The highest BCUT2D eigenvalue weighted by Crippen LogP contribution is 2.29. The van der Waals surface area contributed by atoms with Crippen LogP contribution in [0.25, 0.3) is 0 Å². The summed E-state index contributed by atoms with van der Waals surface area (Å²) in [7, 11) is 0. The quantitative estimate of drug-likeness (QED) is 0.389. The molecule has 1 aromatic carbocycles. The smallest absolute Gasteiger partial charge is 0.351 e. The summed E-state index contributed by atoms with van der Waals surface area (Å²) in [6, 6.07) is 4.87. The Kier molecular flexibility index (Phi) is 4.89. The van der Waals surface area contributed by atoms with Gasteiger partial charge in [-0.25, -0.2) is 14.5 Å². The molecule has 0 saturated carbocycles. The highest BCUT2D eigenvalue weighted by Gasteiger charge is 2.39. The molecule has 7 nitrogen and oxygen atoms in total. The van der Waals surface area contributed by atoms with Crippen LogP contribution in [-0.2, 0) is 14.3 Å². The molecule has 2 rings (SSSR count). The van der Waals surface area contributed by atoms with Gasteiger partial charge in [0.05, 0.1) is 12.3 Å². The second-order valence-electron chi connectivity index (χ2n) is 4.28. The van der Waals surface area contributed by atoms with Crippen molar-refractivity contribution in [2.24, 2.45) is 0 Å². The number of carbonyl (C=O) groups excluding carboxylic acids is 3. The largest absolute Gasteiger partial charge is 0.462 e. The molecule has 0 bridgehead atoms. The van der Waals surface area contributed by atoms with Crippen molar-refractivity contribution in [3.8, 4) is 6.07 Å². The molecule has 0 aromatic heterocycles. The minimum atomic E-state index is -0.996. The monoisotopic (exact) mass is 353 g/mol. The van der Waals surface area contributed by atoms with Crippen LogP contribution < -0.4 is 10.2 Å². The van der Waals surface area contributed by atoms with Gasteiger partial charge in [-0.1, -0.05) is 23.2 Å². The number of benzene rings is 1. The first-order valence-electron chi connectivity index (χ1n) is 6.32. The Morgan fingerprint density at radius 3 is 2.43 bits per heavy atom. The van der Waals surface area contributed by atoms with Gasteiger partial charge in [-0.15, -0.1) is 0 Å². The fourth-order valence-corrected chi connectivity index (χ4v) is 2.41. The molecule has 0 unspecified atom stereocenters. The van der Waals surface area contributed by atoms with E-state index in [4.69, 9.17) is 28.5 Å². The number of hydrogen-bond acceptors (Lipinski definition) is 5. The number of nitriles is 1. The van der Waals surface area contributed by atoms with Crippen LogP contribution in [0, 0.1) is 11.3 Å². The first kappa shape index (κ1) is 16.8. The zero-order valence-electron chi connectivity index (χ0n) is 11.7. The third-order valence-electron chi connectivity index (χ3n) is 2.80. The number of rotatable bonds is 3. The zero-order valence-corrected chi connectivity index (χ0v) is 13.2. The van der Waals surface area contributed by atoms with E-state index in [2.05, 4.69) is 10.1 Å². The first-order chi connectivity index (χ1) is 10.9. The Bertz CT molecular complexity index is 762. The van der Waals surface area contributed by atoms with Crippen LogP contribution >= 0.6 is 23.2 Å². The van der Waals surface area contributed by atoms with Gasteiger partial charge in [0, 0.05) is 10.0 Å². The second-order valence-corrected chi connectivity index (χ2v) is 5.15. The third kappa shape index (κ3) is 3.28. The van der Waals surface area contributed by atoms with Crippen molar-refractivity contribution >= 4 is 46.8 Å². The Morgan fingerprint density at radius 1 is 1.30 bits per heavy atom. The lowest BCUT2D eigenvalue weighted by Gasteiger charge is -2.12. The van der Waals surface area contributed by atoms with Crippen molar-refractivity contribution in [2.75, 3.05) is 11.5 Å². The number of imide groups is 1. The first-order valence-corrected chi connectivity index (χ1v) is 7.07. The summed E-state index contributed by atoms with van der Waals surface area (Å²) >= 11 is 11.7. The molecule has 0 radical (unpaired) electrons. The highest BCUT2D eigenvalue weighted by molar-refractivity contribution is 6.36. The number of ether oxygens (including phenoxy) is 1. The normalized spacial score (nSPS) is 16.0. The topological polar surface area (TPSA) is 99.5 Å². The van der Waals surface area contributed by atoms with Crippen LogP contribution in [0.1, 0.15) is 6.92 Å². The van der Waals surface area contributed by atoms with Gasteiger partial charge in [0.2, 0.25) is 0 Å². The van der Waals surface area contributed by atoms with Gasteiger partial charge in [-0.05, 0) is 25.1 Å². The second kappa shape index (κ2) is 6.69. The maximum absolute atomic E-state index is 12.4.